The summed E-state index contributed by atoms with van der Waals surface area (Å²) in [5, 5.41) is -1.23. The second kappa shape index (κ2) is 9.40. The Kier molecular flexibility index (Phi) is 7.79. The zero-order chi connectivity index (χ0) is 23.0. The van der Waals surface area contributed by atoms with Crippen molar-refractivity contribution in [2.24, 2.45) is 23.2 Å². The molecule has 5 atom stereocenters. The molecule has 0 aromatic heterocycles. The van der Waals surface area contributed by atoms with Crippen LogP contribution in [0.1, 0.15) is 41.5 Å². The van der Waals surface area contributed by atoms with Gasteiger partial charge in [-0.3, -0.25) is 14.4 Å². The summed E-state index contributed by atoms with van der Waals surface area (Å²) in [6.07, 6.45) is -0.333. The maximum Gasteiger partial charge on any atom is 0.342 e. The van der Waals surface area contributed by atoms with Gasteiger partial charge in [0.2, 0.25) is 12.7 Å². The highest BCUT2D eigenvalue weighted by Gasteiger charge is 2.63. The molecule has 2 fully saturated rings. The molecular formula is C20H33NO7SSi. The number of hydrogen-bond donors (Lipinski definition) is 0. The van der Waals surface area contributed by atoms with Crippen LogP contribution in [-0.4, -0.2) is 61.2 Å². The van der Waals surface area contributed by atoms with Gasteiger partial charge in [-0.05, 0) is 18.5 Å². The van der Waals surface area contributed by atoms with Gasteiger partial charge in [0.1, 0.15) is 0 Å². The number of esters is 2. The highest BCUT2D eigenvalue weighted by molar-refractivity contribution is 8.14. The molecule has 0 N–H and O–H groups in total. The second-order valence-corrected chi connectivity index (χ2v) is 13.0. The number of amides is 1. The molecule has 170 valence electrons. The Bertz CT molecular complexity index is 706. The molecule has 0 aliphatic carbocycles. The number of β-lactam (4-membered cyclic amide) rings is 1. The second-order valence-electron chi connectivity index (χ2n) is 9.51. The number of thioether (sulfide) groups is 1. The minimum Gasteiger partial charge on any atom is -0.428 e. The van der Waals surface area contributed by atoms with E-state index in [-0.39, 0.29) is 28.5 Å². The van der Waals surface area contributed by atoms with Gasteiger partial charge >= 0.3 is 11.9 Å². The van der Waals surface area contributed by atoms with Crippen LogP contribution >= 0.6 is 11.8 Å². The van der Waals surface area contributed by atoms with Crippen molar-refractivity contribution in [3.63, 3.8) is 0 Å². The first kappa shape index (κ1) is 24.9. The van der Waals surface area contributed by atoms with Gasteiger partial charge in [0.05, 0.1) is 24.0 Å². The Morgan fingerprint density at radius 1 is 1.17 bits per heavy atom. The number of nitrogens with zero attached hydrogens (tertiary/aromatic N) is 1. The number of fused-ring (bicyclic) bond motifs is 1. The van der Waals surface area contributed by atoms with Crippen molar-refractivity contribution in [1.82, 2.24) is 4.90 Å². The van der Waals surface area contributed by atoms with Gasteiger partial charge in [0.15, 0.2) is 19.5 Å². The van der Waals surface area contributed by atoms with Gasteiger partial charge in [0.25, 0.3) is 0 Å². The maximum absolute atomic E-state index is 13.1. The lowest BCUT2D eigenvalue weighted by Crippen LogP contribution is -2.74. The van der Waals surface area contributed by atoms with E-state index >= 15 is 0 Å². The zero-order valence-electron chi connectivity index (χ0n) is 19.0. The van der Waals surface area contributed by atoms with E-state index in [1.165, 1.54) is 4.90 Å². The minimum atomic E-state index is -1.45. The molecule has 2 rings (SSSR count). The third kappa shape index (κ3) is 5.08. The van der Waals surface area contributed by atoms with Crippen molar-refractivity contribution in [1.29, 1.82) is 0 Å². The van der Waals surface area contributed by atoms with Crippen LogP contribution in [0.25, 0.3) is 0 Å². The largest absolute Gasteiger partial charge is 0.428 e. The fourth-order valence-corrected chi connectivity index (χ4v) is 6.03. The van der Waals surface area contributed by atoms with Gasteiger partial charge in [-0.1, -0.05) is 53.3 Å². The van der Waals surface area contributed by atoms with E-state index in [0.29, 0.717) is 0 Å². The normalized spacial score (nSPS) is 27.6. The Labute approximate surface area is 184 Å². The Balaban J connectivity index is 2.17. The summed E-state index contributed by atoms with van der Waals surface area (Å²) in [4.78, 5) is 51.3. The van der Waals surface area contributed by atoms with Crippen LogP contribution in [0.5, 0.6) is 0 Å². The van der Waals surface area contributed by atoms with E-state index in [1.54, 1.807) is 20.8 Å². The molecule has 10 heteroatoms. The van der Waals surface area contributed by atoms with Gasteiger partial charge in [-0.2, -0.15) is 0 Å². The lowest BCUT2D eigenvalue weighted by molar-refractivity contribution is -0.188. The first-order chi connectivity index (χ1) is 13.8. The van der Waals surface area contributed by atoms with E-state index in [0.717, 1.165) is 11.8 Å². The van der Waals surface area contributed by atoms with Crippen molar-refractivity contribution in [2.75, 3.05) is 6.79 Å². The Morgan fingerprint density at radius 2 is 1.77 bits per heavy atom. The topological polar surface area (TPSA) is 99.2 Å². The van der Waals surface area contributed by atoms with Crippen LogP contribution in [-0.2, 0) is 33.1 Å². The minimum absolute atomic E-state index is 0.163. The molecule has 0 aromatic rings. The first-order valence-electron chi connectivity index (χ1n) is 10.3. The first-order valence-corrected chi connectivity index (χ1v) is 13.9. The summed E-state index contributed by atoms with van der Waals surface area (Å²) in [5.41, 5.74) is -0.294. The molecule has 30 heavy (non-hydrogen) atoms. The SMILES string of the molecule is CC(C)C(=O)OCOC(=O)C1SC(=O)[C@H](C)[C@@H]2[C@@H]([C@@H](O[SiH](C)C)C(C)(C)C)C(=O)N12. The monoisotopic (exact) mass is 459 g/mol. The molecule has 0 radical (unpaired) electrons. The molecule has 0 saturated carbocycles. The number of rotatable bonds is 7. The van der Waals surface area contributed by atoms with Gasteiger partial charge in [-0.25, -0.2) is 4.79 Å². The molecule has 0 spiro atoms. The lowest BCUT2D eigenvalue weighted by atomic mass is 9.69. The summed E-state index contributed by atoms with van der Waals surface area (Å²) < 4.78 is 16.1. The maximum atomic E-state index is 13.1. The number of carbonyl (C=O) groups excluding carboxylic acids is 4. The fraction of sp³-hybridized carbons (Fsp3) is 0.800. The van der Waals surface area contributed by atoms with Crippen molar-refractivity contribution in [3.8, 4) is 0 Å². The summed E-state index contributed by atoms with van der Waals surface area (Å²) in [7, 11) is -1.45. The number of ether oxygens (including phenoxy) is 2. The third-order valence-corrected chi connectivity index (χ3v) is 7.35. The van der Waals surface area contributed by atoms with Gasteiger partial charge in [0, 0.05) is 5.92 Å². The summed E-state index contributed by atoms with van der Waals surface area (Å²) in [5.74, 6) is -2.71. The van der Waals surface area contributed by atoms with E-state index in [1.807, 2.05) is 33.9 Å². The summed E-state index contributed by atoms with van der Waals surface area (Å²) >= 11 is 0.789. The zero-order valence-corrected chi connectivity index (χ0v) is 20.9. The molecule has 1 amide bonds. The van der Waals surface area contributed by atoms with Crippen molar-refractivity contribution in [2.45, 2.75) is 72.2 Å². The molecule has 2 saturated heterocycles. The Hall–Kier alpha value is -1.39. The molecule has 8 nitrogen and oxygen atoms in total. The lowest BCUT2D eigenvalue weighted by Gasteiger charge is -2.58. The predicted octanol–water partition coefficient (Wildman–Crippen LogP) is 2.16. The quantitative estimate of drug-likeness (QED) is 0.247. The highest BCUT2D eigenvalue weighted by Crippen LogP contribution is 2.48. The van der Waals surface area contributed by atoms with Crippen molar-refractivity contribution >= 4 is 43.8 Å². The average molecular weight is 460 g/mol. The average Bonchev–Trinajstić information content (AvgIpc) is 2.61. The molecule has 2 aliphatic rings. The Morgan fingerprint density at radius 3 is 2.27 bits per heavy atom. The van der Waals surface area contributed by atoms with Crippen LogP contribution in [0, 0.1) is 23.2 Å². The highest BCUT2D eigenvalue weighted by atomic mass is 32.2. The smallest absolute Gasteiger partial charge is 0.342 e. The van der Waals surface area contributed by atoms with Crippen LogP contribution in [0.4, 0.5) is 0 Å². The molecule has 2 heterocycles. The van der Waals surface area contributed by atoms with Crippen LogP contribution in [0.2, 0.25) is 13.1 Å². The molecule has 0 aromatic carbocycles. The molecule has 0 bridgehead atoms. The van der Waals surface area contributed by atoms with Crippen molar-refractivity contribution in [3.05, 3.63) is 0 Å². The standard InChI is InChI=1S/C20H33NO7SSi/c1-10(2)17(23)26-9-27-18(24)16-21-13(11(3)19(25)29-16)12(15(21)22)14(20(4,5)6)28-30(7)8/h10-14,16,30H,9H2,1-8H3/t11-,12+,13-,14-,16?/m1/s1. The van der Waals surface area contributed by atoms with E-state index in [4.69, 9.17) is 13.9 Å². The fourth-order valence-electron chi connectivity index (χ4n) is 3.77. The summed E-state index contributed by atoms with van der Waals surface area (Å²) in [6, 6.07) is -0.418. The molecule has 1 unspecified atom stereocenters. The van der Waals surface area contributed by atoms with Gasteiger partial charge in [-0.15, -0.1) is 0 Å². The molecule has 2 aliphatic heterocycles. The molecular weight excluding hydrogens is 426 g/mol. The summed E-state index contributed by atoms with van der Waals surface area (Å²) in [6.45, 7) is 14.7. The van der Waals surface area contributed by atoms with E-state index in [9.17, 15) is 19.2 Å². The van der Waals surface area contributed by atoms with Gasteiger partial charge < -0.3 is 18.8 Å². The predicted molar refractivity (Wildman–Crippen MR) is 115 cm³/mol. The van der Waals surface area contributed by atoms with E-state index in [2.05, 4.69) is 0 Å². The number of hydrogen-bond acceptors (Lipinski definition) is 8. The van der Waals surface area contributed by atoms with Crippen LogP contribution in [0.3, 0.4) is 0 Å². The van der Waals surface area contributed by atoms with E-state index < -0.39 is 51.0 Å². The third-order valence-electron chi connectivity index (χ3n) is 5.27. The van der Waals surface area contributed by atoms with Crippen molar-refractivity contribution < 1.29 is 33.1 Å². The van der Waals surface area contributed by atoms with Crippen LogP contribution in [0.15, 0.2) is 0 Å². The van der Waals surface area contributed by atoms with Crippen LogP contribution < -0.4 is 0 Å². The number of carbonyl (C=O) groups is 4.